The molecule has 0 bridgehead atoms. The molecule has 1 aromatic heterocycles. The first-order valence-corrected chi connectivity index (χ1v) is 8.70. The van der Waals surface area contributed by atoms with E-state index in [-0.39, 0.29) is 10.8 Å². The molecule has 1 heterocycles. The SMILES string of the molecule is CCNC(=O)c1cc(S(=O)(=O)Nc2ccccc2)c(C)s1. The number of hydrogen-bond acceptors (Lipinski definition) is 4. The van der Waals surface area contributed by atoms with Gasteiger partial charge in [-0.1, -0.05) is 18.2 Å². The molecule has 112 valence electrons. The molecule has 2 rings (SSSR count). The molecule has 0 aliphatic heterocycles. The average molecular weight is 324 g/mol. The van der Waals surface area contributed by atoms with Gasteiger partial charge < -0.3 is 5.32 Å². The summed E-state index contributed by atoms with van der Waals surface area (Å²) in [6.45, 7) is 4.00. The second kappa shape index (κ2) is 6.28. The van der Waals surface area contributed by atoms with Crippen molar-refractivity contribution >= 4 is 33.0 Å². The van der Waals surface area contributed by atoms with Crippen molar-refractivity contribution < 1.29 is 13.2 Å². The Balaban J connectivity index is 2.30. The van der Waals surface area contributed by atoms with Crippen molar-refractivity contribution in [1.29, 1.82) is 0 Å². The van der Waals surface area contributed by atoms with Gasteiger partial charge in [-0.15, -0.1) is 11.3 Å². The van der Waals surface area contributed by atoms with E-state index in [0.717, 1.165) is 0 Å². The summed E-state index contributed by atoms with van der Waals surface area (Å²) in [7, 11) is -3.69. The van der Waals surface area contributed by atoms with Crippen molar-refractivity contribution in [1.82, 2.24) is 5.32 Å². The molecule has 0 fully saturated rings. The number of thiophene rings is 1. The Kier molecular flexibility index (Phi) is 4.64. The first kappa shape index (κ1) is 15.5. The van der Waals surface area contributed by atoms with Crippen LogP contribution in [0.4, 0.5) is 5.69 Å². The van der Waals surface area contributed by atoms with Gasteiger partial charge in [-0.2, -0.15) is 0 Å². The predicted octanol–water partition coefficient (Wildman–Crippen LogP) is 2.61. The summed E-state index contributed by atoms with van der Waals surface area (Å²) in [6, 6.07) is 10.1. The van der Waals surface area contributed by atoms with E-state index >= 15 is 0 Å². The molecule has 0 spiro atoms. The van der Waals surface area contributed by atoms with E-state index in [2.05, 4.69) is 10.0 Å². The predicted molar refractivity (Wildman–Crippen MR) is 84.3 cm³/mol. The van der Waals surface area contributed by atoms with Crippen LogP contribution in [0.2, 0.25) is 0 Å². The number of aryl methyl sites for hydroxylation is 1. The van der Waals surface area contributed by atoms with Crippen LogP contribution in [0, 0.1) is 6.92 Å². The van der Waals surface area contributed by atoms with Crippen molar-refractivity contribution in [2.24, 2.45) is 0 Å². The zero-order valence-corrected chi connectivity index (χ0v) is 13.3. The van der Waals surface area contributed by atoms with Crippen LogP contribution in [-0.2, 0) is 10.0 Å². The fourth-order valence-corrected chi connectivity index (χ4v) is 4.38. The Morgan fingerprint density at radius 1 is 1.24 bits per heavy atom. The van der Waals surface area contributed by atoms with E-state index in [9.17, 15) is 13.2 Å². The van der Waals surface area contributed by atoms with Gasteiger partial charge in [-0.05, 0) is 32.0 Å². The number of carbonyl (C=O) groups is 1. The number of para-hydroxylation sites is 1. The quantitative estimate of drug-likeness (QED) is 0.887. The van der Waals surface area contributed by atoms with Crippen molar-refractivity contribution in [3.63, 3.8) is 0 Å². The summed E-state index contributed by atoms with van der Waals surface area (Å²) in [4.78, 5) is 12.9. The molecule has 1 amide bonds. The van der Waals surface area contributed by atoms with E-state index in [1.54, 1.807) is 37.3 Å². The molecule has 0 aliphatic carbocycles. The molecule has 0 aliphatic rings. The van der Waals surface area contributed by atoms with Gasteiger partial charge in [-0.25, -0.2) is 8.42 Å². The zero-order chi connectivity index (χ0) is 15.5. The highest BCUT2D eigenvalue weighted by molar-refractivity contribution is 7.93. The molecule has 0 saturated carbocycles. The lowest BCUT2D eigenvalue weighted by Gasteiger charge is -2.06. The summed E-state index contributed by atoms with van der Waals surface area (Å²) < 4.78 is 27.3. The highest BCUT2D eigenvalue weighted by atomic mass is 32.2. The third kappa shape index (κ3) is 3.62. The van der Waals surface area contributed by atoms with Crippen LogP contribution < -0.4 is 10.0 Å². The van der Waals surface area contributed by atoms with E-state index < -0.39 is 10.0 Å². The van der Waals surface area contributed by atoms with Gasteiger partial charge in [0.15, 0.2) is 0 Å². The maximum absolute atomic E-state index is 12.4. The summed E-state index contributed by atoms with van der Waals surface area (Å²) in [6.07, 6.45) is 0. The molecule has 21 heavy (non-hydrogen) atoms. The van der Waals surface area contributed by atoms with Crippen LogP contribution in [0.3, 0.4) is 0 Å². The Morgan fingerprint density at radius 2 is 1.90 bits per heavy atom. The molecule has 0 unspecified atom stereocenters. The van der Waals surface area contributed by atoms with Gasteiger partial charge >= 0.3 is 0 Å². The first-order chi connectivity index (χ1) is 9.94. The van der Waals surface area contributed by atoms with Crippen LogP contribution in [0.25, 0.3) is 0 Å². The number of rotatable bonds is 5. The highest BCUT2D eigenvalue weighted by Gasteiger charge is 2.22. The highest BCUT2D eigenvalue weighted by Crippen LogP contribution is 2.27. The number of hydrogen-bond donors (Lipinski definition) is 2. The van der Waals surface area contributed by atoms with Gasteiger partial charge in [-0.3, -0.25) is 9.52 Å². The van der Waals surface area contributed by atoms with E-state index in [1.165, 1.54) is 17.4 Å². The lowest BCUT2D eigenvalue weighted by molar-refractivity contribution is 0.0959. The lowest BCUT2D eigenvalue weighted by atomic mass is 10.3. The summed E-state index contributed by atoms with van der Waals surface area (Å²) in [5, 5.41) is 2.66. The Morgan fingerprint density at radius 3 is 2.52 bits per heavy atom. The van der Waals surface area contributed by atoms with Crippen molar-refractivity contribution in [3.05, 3.63) is 46.2 Å². The zero-order valence-electron chi connectivity index (χ0n) is 11.7. The standard InChI is InChI=1S/C14H16N2O3S2/c1-3-15-14(17)12-9-13(10(2)20-12)21(18,19)16-11-7-5-4-6-8-11/h4-9,16H,3H2,1-2H3,(H,15,17). The second-order valence-corrected chi connectivity index (χ2v) is 7.27. The maximum atomic E-state index is 12.4. The number of carbonyl (C=O) groups excluding carboxylic acids is 1. The van der Waals surface area contributed by atoms with Gasteiger partial charge in [0, 0.05) is 17.1 Å². The topological polar surface area (TPSA) is 75.3 Å². The largest absolute Gasteiger partial charge is 0.352 e. The third-order valence-corrected chi connectivity index (χ3v) is 5.43. The lowest BCUT2D eigenvalue weighted by Crippen LogP contribution is -2.21. The molecule has 1 aromatic carbocycles. The minimum absolute atomic E-state index is 0.137. The first-order valence-electron chi connectivity index (χ1n) is 6.40. The number of benzene rings is 1. The van der Waals surface area contributed by atoms with Crippen LogP contribution in [0.15, 0.2) is 41.3 Å². The maximum Gasteiger partial charge on any atom is 0.263 e. The number of anilines is 1. The van der Waals surface area contributed by atoms with Crippen molar-refractivity contribution in [3.8, 4) is 0 Å². The summed E-state index contributed by atoms with van der Waals surface area (Å²) >= 11 is 1.17. The number of amides is 1. The molecule has 2 aromatic rings. The van der Waals surface area contributed by atoms with E-state index in [4.69, 9.17) is 0 Å². The van der Waals surface area contributed by atoms with Gasteiger partial charge in [0.25, 0.3) is 15.9 Å². The molecule has 0 radical (unpaired) electrons. The van der Waals surface area contributed by atoms with Crippen molar-refractivity contribution in [2.45, 2.75) is 18.7 Å². The number of sulfonamides is 1. The van der Waals surface area contributed by atoms with Crippen LogP contribution in [0.1, 0.15) is 21.5 Å². The third-order valence-electron chi connectivity index (χ3n) is 2.75. The molecule has 0 saturated heterocycles. The summed E-state index contributed by atoms with van der Waals surface area (Å²) in [5.41, 5.74) is 0.489. The normalized spacial score (nSPS) is 11.1. The smallest absolute Gasteiger partial charge is 0.263 e. The molecule has 5 nitrogen and oxygen atoms in total. The van der Waals surface area contributed by atoms with Crippen LogP contribution in [0.5, 0.6) is 0 Å². The number of nitrogens with one attached hydrogen (secondary N) is 2. The molecule has 7 heteroatoms. The Bertz CT molecular complexity index is 737. The van der Waals surface area contributed by atoms with Crippen LogP contribution in [-0.4, -0.2) is 20.9 Å². The van der Waals surface area contributed by atoms with Gasteiger partial charge in [0.2, 0.25) is 0 Å². The fourth-order valence-electron chi connectivity index (χ4n) is 1.81. The average Bonchev–Trinajstić information content (AvgIpc) is 2.83. The van der Waals surface area contributed by atoms with E-state index in [1.807, 2.05) is 6.92 Å². The minimum Gasteiger partial charge on any atom is -0.352 e. The summed E-state index contributed by atoms with van der Waals surface area (Å²) in [5.74, 6) is -0.258. The van der Waals surface area contributed by atoms with Crippen molar-refractivity contribution in [2.75, 3.05) is 11.3 Å². The van der Waals surface area contributed by atoms with E-state index in [0.29, 0.717) is 22.0 Å². The van der Waals surface area contributed by atoms with Gasteiger partial charge in [0.05, 0.1) is 4.88 Å². The van der Waals surface area contributed by atoms with Crippen LogP contribution >= 0.6 is 11.3 Å². The Labute approximate surface area is 128 Å². The minimum atomic E-state index is -3.69. The fraction of sp³-hybridized carbons (Fsp3) is 0.214. The second-order valence-electron chi connectivity index (χ2n) is 4.36. The Hall–Kier alpha value is -1.86. The monoisotopic (exact) mass is 324 g/mol. The van der Waals surface area contributed by atoms with Gasteiger partial charge in [0.1, 0.15) is 4.90 Å². The molecule has 2 N–H and O–H groups in total. The molecular weight excluding hydrogens is 308 g/mol. The molecular formula is C14H16N2O3S2. The molecule has 0 atom stereocenters.